The normalized spacial score (nSPS) is 21.3. The van der Waals surface area contributed by atoms with Gasteiger partial charge in [-0.1, -0.05) is 6.07 Å². The van der Waals surface area contributed by atoms with Crippen molar-refractivity contribution in [3.05, 3.63) is 30.1 Å². The van der Waals surface area contributed by atoms with Crippen molar-refractivity contribution in [1.82, 2.24) is 4.31 Å². The molecule has 2 rings (SSSR count). The largest absolute Gasteiger partial charge is 0.244 e. The van der Waals surface area contributed by atoms with Gasteiger partial charge in [-0.3, -0.25) is 0 Å². The number of halogens is 1. The summed E-state index contributed by atoms with van der Waals surface area (Å²) in [5.41, 5.74) is 0. The Morgan fingerprint density at radius 2 is 2.24 bits per heavy atom. The van der Waals surface area contributed by atoms with Crippen molar-refractivity contribution in [2.24, 2.45) is 0 Å². The van der Waals surface area contributed by atoms with Crippen LogP contribution in [0.3, 0.4) is 0 Å². The first-order valence-corrected chi connectivity index (χ1v) is 6.67. The first-order chi connectivity index (χ1) is 8.05. The predicted molar refractivity (Wildman–Crippen MR) is 58.9 cm³/mol. The number of sulfonamides is 1. The second kappa shape index (κ2) is 4.43. The highest BCUT2D eigenvalue weighted by atomic mass is 32.2. The third-order valence-corrected chi connectivity index (χ3v) is 4.66. The number of rotatable bonds is 2. The van der Waals surface area contributed by atoms with Gasteiger partial charge in [0.25, 0.3) is 0 Å². The van der Waals surface area contributed by atoms with Gasteiger partial charge in [0.15, 0.2) is 0 Å². The zero-order valence-corrected chi connectivity index (χ0v) is 9.82. The van der Waals surface area contributed by atoms with Gasteiger partial charge in [0.2, 0.25) is 10.0 Å². The van der Waals surface area contributed by atoms with Crippen molar-refractivity contribution < 1.29 is 12.8 Å². The Bertz CT molecular complexity index is 565. The molecule has 1 aliphatic heterocycles. The van der Waals surface area contributed by atoms with Crippen LogP contribution < -0.4 is 0 Å². The van der Waals surface area contributed by atoms with E-state index in [1.807, 2.05) is 6.07 Å². The van der Waals surface area contributed by atoms with Crippen LogP contribution in [0, 0.1) is 17.1 Å². The Morgan fingerprint density at radius 1 is 1.47 bits per heavy atom. The fourth-order valence-corrected chi connectivity index (χ4v) is 3.56. The second-order valence-corrected chi connectivity index (χ2v) is 5.75. The molecule has 0 saturated carbocycles. The topological polar surface area (TPSA) is 61.2 Å². The van der Waals surface area contributed by atoms with E-state index in [1.54, 1.807) is 0 Å². The summed E-state index contributed by atoms with van der Waals surface area (Å²) in [5.74, 6) is -0.598. The lowest BCUT2D eigenvalue weighted by atomic mass is 10.2. The average molecular weight is 254 g/mol. The summed E-state index contributed by atoms with van der Waals surface area (Å²) >= 11 is 0. The van der Waals surface area contributed by atoms with Gasteiger partial charge in [0.1, 0.15) is 11.9 Å². The summed E-state index contributed by atoms with van der Waals surface area (Å²) in [4.78, 5) is -0.0975. The van der Waals surface area contributed by atoms with E-state index >= 15 is 0 Å². The molecule has 90 valence electrons. The molecule has 1 aromatic rings. The lowest BCUT2D eigenvalue weighted by Gasteiger charge is -2.18. The molecule has 1 atom stereocenters. The quantitative estimate of drug-likeness (QED) is 0.803. The maximum absolute atomic E-state index is 13.0. The Kier molecular flexibility index (Phi) is 3.13. The van der Waals surface area contributed by atoms with Crippen LogP contribution in [0.2, 0.25) is 0 Å². The van der Waals surface area contributed by atoms with Gasteiger partial charge in [-0.05, 0) is 31.0 Å². The fourth-order valence-electron chi connectivity index (χ4n) is 1.92. The standard InChI is InChI=1S/C11H11FN2O2S/c12-9-3-1-5-11(7-9)17(15,16)14-6-2-4-10(14)8-13/h1,3,5,7,10H,2,4,6H2. The highest BCUT2D eigenvalue weighted by Crippen LogP contribution is 2.25. The number of nitrogens with zero attached hydrogens (tertiary/aromatic N) is 2. The van der Waals surface area contributed by atoms with Crippen LogP contribution in [0.5, 0.6) is 0 Å². The summed E-state index contributed by atoms with van der Waals surface area (Å²) in [6.45, 7) is 0.317. The number of hydrogen-bond acceptors (Lipinski definition) is 3. The van der Waals surface area contributed by atoms with Crippen LogP contribution in [-0.4, -0.2) is 25.3 Å². The molecule has 0 spiro atoms. The Morgan fingerprint density at radius 3 is 2.88 bits per heavy atom. The summed E-state index contributed by atoms with van der Waals surface area (Å²) in [5, 5.41) is 8.87. The predicted octanol–water partition coefficient (Wildman–Crippen LogP) is 1.50. The zero-order valence-electron chi connectivity index (χ0n) is 9.01. The molecule has 1 saturated heterocycles. The summed E-state index contributed by atoms with van der Waals surface area (Å²) < 4.78 is 38.5. The van der Waals surface area contributed by atoms with Crippen molar-refractivity contribution in [3.8, 4) is 6.07 Å². The summed E-state index contributed by atoms with van der Waals surface area (Å²) in [7, 11) is -3.75. The third-order valence-electron chi connectivity index (χ3n) is 2.76. The van der Waals surface area contributed by atoms with Gasteiger partial charge in [0.05, 0.1) is 11.0 Å². The van der Waals surface area contributed by atoms with Crippen molar-refractivity contribution in [1.29, 1.82) is 5.26 Å². The van der Waals surface area contributed by atoms with Gasteiger partial charge in [-0.2, -0.15) is 9.57 Å². The lowest BCUT2D eigenvalue weighted by molar-refractivity contribution is 0.437. The van der Waals surface area contributed by atoms with E-state index in [0.717, 1.165) is 10.4 Å². The van der Waals surface area contributed by atoms with Crippen molar-refractivity contribution in [2.45, 2.75) is 23.8 Å². The van der Waals surface area contributed by atoms with Crippen LogP contribution >= 0.6 is 0 Å². The molecule has 1 aliphatic rings. The van der Waals surface area contributed by atoms with Crippen molar-refractivity contribution in [2.75, 3.05) is 6.54 Å². The molecule has 0 bridgehead atoms. The van der Waals surface area contributed by atoms with Crippen molar-refractivity contribution in [3.63, 3.8) is 0 Å². The van der Waals surface area contributed by atoms with Crippen LogP contribution in [-0.2, 0) is 10.0 Å². The first-order valence-electron chi connectivity index (χ1n) is 5.23. The van der Waals surface area contributed by atoms with Crippen LogP contribution in [0.4, 0.5) is 4.39 Å². The minimum Gasteiger partial charge on any atom is -0.207 e. The van der Waals surface area contributed by atoms with Crippen LogP contribution in [0.15, 0.2) is 29.2 Å². The van der Waals surface area contributed by atoms with E-state index in [2.05, 4.69) is 0 Å². The highest BCUT2D eigenvalue weighted by molar-refractivity contribution is 7.89. The number of nitriles is 1. The maximum Gasteiger partial charge on any atom is 0.244 e. The van der Waals surface area contributed by atoms with Gasteiger partial charge in [-0.25, -0.2) is 12.8 Å². The van der Waals surface area contributed by atoms with Gasteiger partial charge < -0.3 is 0 Å². The zero-order chi connectivity index (χ0) is 12.5. The minimum absolute atomic E-state index is 0.0975. The maximum atomic E-state index is 13.0. The summed E-state index contributed by atoms with van der Waals surface area (Å²) in [6.07, 6.45) is 1.19. The molecule has 17 heavy (non-hydrogen) atoms. The molecule has 4 nitrogen and oxygen atoms in total. The van der Waals surface area contributed by atoms with E-state index < -0.39 is 21.9 Å². The van der Waals surface area contributed by atoms with Gasteiger partial charge in [0, 0.05) is 6.54 Å². The van der Waals surface area contributed by atoms with E-state index in [-0.39, 0.29) is 4.90 Å². The smallest absolute Gasteiger partial charge is 0.207 e. The third kappa shape index (κ3) is 2.16. The van der Waals surface area contributed by atoms with E-state index in [9.17, 15) is 12.8 Å². The summed E-state index contributed by atoms with van der Waals surface area (Å²) in [6, 6.07) is 6.17. The van der Waals surface area contributed by atoms with E-state index in [4.69, 9.17) is 5.26 Å². The van der Waals surface area contributed by atoms with Gasteiger partial charge >= 0.3 is 0 Å². The molecule has 0 aromatic heterocycles. The Balaban J connectivity index is 2.40. The van der Waals surface area contributed by atoms with Gasteiger partial charge in [-0.15, -0.1) is 0 Å². The molecular weight excluding hydrogens is 243 g/mol. The molecule has 1 aromatic carbocycles. The Hall–Kier alpha value is -1.45. The molecule has 0 radical (unpaired) electrons. The van der Waals surface area contributed by atoms with Crippen LogP contribution in [0.1, 0.15) is 12.8 Å². The molecule has 1 heterocycles. The first kappa shape index (κ1) is 12.0. The average Bonchev–Trinajstić information content (AvgIpc) is 2.77. The Labute approximate surface area is 99.3 Å². The number of hydrogen-bond donors (Lipinski definition) is 0. The molecule has 0 N–H and O–H groups in total. The monoisotopic (exact) mass is 254 g/mol. The second-order valence-electron chi connectivity index (χ2n) is 3.86. The lowest BCUT2D eigenvalue weighted by Crippen LogP contribution is -2.34. The molecule has 6 heteroatoms. The molecule has 0 aliphatic carbocycles. The van der Waals surface area contributed by atoms with Crippen LogP contribution in [0.25, 0.3) is 0 Å². The SMILES string of the molecule is N#CC1CCCN1S(=O)(=O)c1cccc(F)c1. The fraction of sp³-hybridized carbons (Fsp3) is 0.364. The minimum atomic E-state index is -3.75. The van der Waals surface area contributed by atoms with Crippen molar-refractivity contribution >= 4 is 10.0 Å². The molecule has 1 unspecified atom stereocenters. The molecular formula is C11H11FN2O2S. The van der Waals surface area contributed by atoms with E-state index in [1.165, 1.54) is 18.2 Å². The molecule has 1 fully saturated rings. The highest BCUT2D eigenvalue weighted by Gasteiger charge is 2.35. The molecule has 0 amide bonds. The van der Waals surface area contributed by atoms with E-state index in [0.29, 0.717) is 19.4 Å². The number of benzene rings is 1.